The topological polar surface area (TPSA) is 52.3 Å². The summed E-state index contributed by atoms with van der Waals surface area (Å²) in [6.07, 6.45) is 0. The zero-order chi connectivity index (χ0) is 11.4. The predicted octanol–water partition coefficient (Wildman–Crippen LogP) is 2.70. The van der Waals surface area contributed by atoms with E-state index in [9.17, 15) is 4.79 Å². The quantitative estimate of drug-likeness (QED) is 0.680. The Morgan fingerprint density at radius 3 is 2.80 bits per heavy atom. The number of carbonyl (C=O) groups excluding carboxylic acids is 1. The van der Waals surface area contributed by atoms with Crippen molar-refractivity contribution in [3.63, 3.8) is 0 Å². The van der Waals surface area contributed by atoms with E-state index in [2.05, 4.69) is 15.9 Å². The fourth-order valence-corrected chi connectivity index (χ4v) is 1.71. The molecule has 1 rings (SSSR count). The van der Waals surface area contributed by atoms with Crippen LogP contribution in [-0.2, 0) is 9.53 Å². The van der Waals surface area contributed by atoms with E-state index in [0.717, 1.165) is 10.0 Å². The minimum Gasteiger partial charge on any atom is -0.466 e. The van der Waals surface area contributed by atoms with Gasteiger partial charge in [0.1, 0.15) is 0 Å². The molecular weight excluding hydrogens is 258 g/mol. The van der Waals surface area contributed by atoms with Crippen LogP contribution in [0.25, 0.3) is 0 Å². The number of rotatable bonds is 3. The molecule has 0 aromatic heterocycles. The predicted molar refractivity (Wildman–Crippen MR) is 63.6 cm³/mol. The molecule has 15 heavy (non-hydrogen) atoms. The number of nitrogens with two attached hydrogens (primary N) is 1. The van der Waals surface area contributed by atoms with E-state index in [0.29, 0.717) is 12.3 Å². The first-order chi connectivity index (χ1) is 7.06. The molecule has 3 nitrogen and oxygen atoms in total. The second kappa shape index (κ2) is 5.16. The molecule has 2 N–H and O–H groups in total. The lowest BCUT2D eigenvalue weighted by Crippen LogP contribution is -2.14. The van der Waals surface area contributed by atoms with Gasteiger partial charge >= 0.3 is 5.97 Å². The first-order valence-electron chi connectivity index (χ1n) is 4.77. The summed E-state index contributed by atoms with van der Waals surface area (Å²) < 4.78 is 5.84. The molecule has 0 bridgehead atoms. The fourth-order valence-electron chi connectivity index (χ4n) is 1.33. The van der Waals surface area contributed by atoms with Crippen LogP contribution in [0.2, 0.25) is 0 Å². The van der Waals surface area contributed by atoms with Gasteiger partial charge in [-0.3, -0.25) is 4.79 Å². The molecule has 0 saturated carbocycles. The molecule has 0 heterocycles. The van der Waals surface area contributed by atoms with Crippen LogP contribution in [0.15, 0.2) is 22.7 Å². The van der Waals surface area contributed by atoms with Crippen LogP contribution < -0.4 is 5.73 Å². The SMILES string of the molecule is CCOC(=O)[C@@H](C)c1ccc(Br)cc1N. The third kappa shape index (κ3) is 2.96. The van der Waals surface area contributed by atoms with E-state index in [1.54, 1.807) is 19.9 Å². The van der Waals surface area contributed by atoms with E-state index in [1.807, 2.05) is 12.1 Å². The standard InChI is InChI=1S/C11H14BrNO2/c1-3-15-11(14)7(2)9-5-4-8(12)6-10(9)13/h4-7H,3,13H2,1-2H3/t7-/m0/s1. The lowest BCUT2D eigenvalue weighted by Gasteiger charge is -2.13. The molecule has 0 spiro atoms. The van der Waals surface area contributed by atoms with Gasteiger partial charge in [0.2, 0.25) is 0 Å². The monoisotopic (exact) mass is 271 g/mol. The van der Waals surface area contributed by atoms with Crippen molar-refractivity contribution in [2.75, 3.05) is 12.3 Å². The van der Waals surface area contributed by atoms with Crippen LogP contribution in [-0.4, -0.2) is 12.6 Å². The van der Waals surface area contributed by atoms with Crippen LogP contribution in [0.1, 0.15) is 25.3 Å². The van der Waals surface area contributed by atoms with Gasteiger partial charge in [-0.2, -0.15) is 0 Å². The molecule has 0 fully saturated rings. The Balaban J connectivity index is 2.91. The Morgan fingerprint density at radius 1 is 1.60 bits per heavy atom. The molecule has 1 aromatic rings. The van der Waals surface area contributed by atoms with Crippen LogP contribution in [0.5, 0.6) is 0 Å². The van der Waals surface area contributed by atoms with Gasteiger partial charge in [-0.15, -0.1) is 0 Å². The summed E-state index contributed by atoms with van der Waals surface area (Å²) in [6, 6.07) is 5.48. The Morgan fingerprint density at radius 2 is 2.27 bits per heavy atom. The fraction of sp³-hybridized carbons (Fsp3) is 0.364. The number of hydrogen-bond acceptors (Lipinski definition) is 3. The molecular formula is C11H14BrNO2. The summed E-state index contributed by atoms with van der Waals surface area (Å²) in [6.45, 7) is 3.97. The highest BCUT2D eigenvalue weighted by atomic mass is 79.9. The number of benzene rings is 1. The lowest BCUT2D eigenvalue weighted by atomic mass is 10.00. The molecule has 1 atom stereocenters. The number of halogens is 1. The van der Waals surface area contributed by atoms with Crippen LogP contribution in [0.4, 0.5) is 5.69 Å². The van der Waals surface area contributed by atoms with E-state index in [4.69, 9.17) is 10.5 Å². The molecule has 0 saturated heterocycles. The van der Waals surface area contributed by atoms with E-state index in [1.165, 1.54) is 0 Å². The van der Waals surface area contributed by atoms with Gasteiger partial charge in [-0.25, -0.2) is 0 Å². The first kappa shape index (κ1) is 12.0. The van der Waals surface area contributed by atoms with Crippen molar-refractivity contribution in [1.82, 2.24) is 0 Å². The highest BCUT2D eigenvalue weighted by molar-refractivity contribution is 9.10. The van der Waals surface area contributed by atoms with Crippen molar-refractivity contribution in [3.8, 4) is 0 Å². The average Bonchev–Trinajstić information content (AvgIpc) is 2.17. The largest absolute Gasteiger partial charge is 0.466 e. The Labute approximate surface area is 97.7 Å². The van der Waals surface area contributed by atoms with Crippen LogP contribution >= 0.6 is 15.9 Å². The van der Waals surface area contributed by atoms with Crippen LogP contribution in [0.3, 0.4) is 0 Å². The Hall–Kier alpha value is -1.03. The van der Waals surface area contributed by atoms with E-state index >= 15 is 0 Å². The average molecular weight is 272 g/mol. The molecule has 0 aliphatic heterocycles. The third-order valence-electron chi connectivity index (χ3n) is 2.16. The molecule has 0 amide bonds. The lowest BCUT2D eigenvalue weighted by molar-refractivity contribution is -0.144. The van der Waals surface area contributed by atoms with Crippen molar-refractivity contribution in [2.45, 2.75) is 19.8 Å². The second-order valence-electron chi connectivity index (χ2n) is 3.25. The second-order valence-corrected chi connectivity index (χ2v) is 4.16. The first-order valence-corrected chi connectivity index (χ1v) is 5.57. The van der Waals surface area contributed by atoms with Crippen molar-refractivity contribution in [2.24, 2.45) is 0 Å². The number of nitrogen functional groups attached to an aromatic ring is 1. The maximum atomic E-state index is 11.5. The summed E-state index contributed by atoms with van der Waals surface area (Å²) in [4.78, 5) is 11.5. The van der Waals surface area contributed by atoms with Gasteiger partial charge in [0.25, 0.3) is 0 Å². The number of carbonyl (C=O) groups is 1. The van der Waals surface area contributed by atoms with Gasteiger partial charge in [-0.1, -0.05) is 22.0 Å². The maximum Gasteiger partial charge on any atom is 0.313 e. The highest BCUT2D eigenvalue weighted by Gasteiger charge is 2.18. The zero-order valence-electron chi connectivity index (χ0n) is 8.79. The number of anilines is 1. The summed E-state index contributed by atoms with van der Waals surface area (Å²) in [7, 11) is 0. The van der Waals surface area contributed by atoms with Gasteiger partial charge in [0.05, 0.1) is 12.5 Å². The smallest absolute Gasteiger partial charge is 0.313 e. The normalized spacial score (nSPS) is 12.2. The Bertz CT molecular complexity index is 366. The van der Waals surface area contributed by atoms with Gasteiger partial charge in [-0.05, 0) is 31.5 Å². The van der Waals surface area contributed by atoms with Crippen molar-refractivity contribution < 1.29 is 9.53 Å². The Kier molecular flexibility index (Phi) is 4.15. The highest BCUT2D eigenvalue weighted by Crippen LogP contribution is 2.26. The molecule has 0 aliphatic rings. The van der Waals surface area contributed by atoms with Crippen molar-refractivity contribution >= 4 is 27.6 Å². The molecule has 0 aliphatic carbocycles. The summed E-state index contributed by atoms with van der Waals surface area (Å²) in [5.74, 6) is -0.565. The molecule has 0 unspecified atom stereocenters. The number of hydrogen-bond donors (Lipinski definition) is 1. The van der Waals surface area contributed by atoms with E-state index in [-0.39, 0.29) is 11.9 Å². The van der Waals surface area contributed by atoms with Crippen LogP contribution in [0, 0.1) is 0 Å². The zero-order valence-corrected chi connectivity index (χ0v) is 10.4. The summed E-state index contributed by atoms with van der Waals surface area (Å²) in [5, 5.41) is 0. The number of ether oxygens (including phenoxy) is 1. The molecule has 1 aromatic carbocycles. The third-order valence-corrected chi connectivity index (χ3v) is 2.65. The minimum absolute atomic E-state index is 0.244. The van der Waals surface area contributed by atoms with Gasteiger partial charge in [0.15, 0.2) is 0 Å². The maximum absolute atomic E-state index is 11.5. The summed E-state index contributed by atoms with van der Waals surface area (Å²) in [5.41, 5.74) is 7.22. The van der Waals surface area contributed by atoms with Gasteiger partial charge < -0.3 is 10.5 Å². The van der Waals surface area contributed by atoms with Crippen molar-refractivity contribution in [1.29, 1.82) is 0 Å². The number of esters is 1. The van der Waals surface area contributed by atoms with E-state index < -0.39 is 0 Å². The molecule has 4 heteroatoms. The minimum atomic E-state index is -0.321. The van der Waals surface area contributed by atoms with Gasteiger partial charge in [0, 0.05) is 10.2 Å². The summed E-state index contributed by atoms with van der Waals surface area (Å²) >= 11 is 3.32. The van der Waals surface area contributed by atoms with Crippen molar-refractivity contribution in [3.05, 3.63) is 28.2 Å². The molecule has 0 radical (unpaired) electrons. The molecule has 82 valence electrons.